The van der Waals surface area contributed by atoms with Crippen LogP contribution in [0.25, 0.3) is 10.9 Å². The maximum atomic E-state index is 13.2. The Kier molecular flexibility index (Phi) is 4.04. The first-order valence-corrected chi connectivity index (χ1v) is 10.1. The Balaban J connectivity index is 1.32. The lowest BCUT2D eigenvalue weighted by atomic mass is 10.0. The van der Waals surface area contributed by atoms with E-state index in [4.69, 9.17) is 0 Å². The molecule has 0 spiro atoms. The fraction of sp³-hybridized carbons (Fsp3) is 0.348. The fourth-order valence-corrected chi connectivity index (χ4v) is 4.71. The summed E-state index contributed by atoms with van der Waals surface area (Å²) in [6.45, 7) is 6.59. The molecule has 2 N–H and O–H groups in total. The van der Waals surface area contributed by atoms with Crippen molar-refractivity contribution >= 4 is 28.2 Å². The van der Waals surface area contributed by atoms with Crippen molar-refractivity contribution in [2.75, 3.05) is 30.0 Å². The van der Waals surface area contributed by atoms with E-state index in [0.29, 0.717) is 6.04 Å². The molecule has 0 unspecified atom stereocenters. The number of hydrogen-bond acceptors (Lipinski definition) is 3. The van der Waals surface area contributed by atoms with E-state index in [-0.39, 0.29) is 5.91 Å². The molecule has 3 aromatic rings. The summed E-state index contributed by atoms with van der Waals surface area (Å²) < 4.78 is 0. The average Bonchev–Trinajstić information content (AvgIpc) is 3.30. The lowest BCUT2D eigenvalue weighted by Crippen LogP contribution is -2.47. The summed E-state index contributed by atoms with van der Waals surface area (Å²) in [5, 5.41) is 4.63. The zero-order chi connectivity index (χ0) is 19.3. The fourth-order valence-electron chi connectivity index (χ4n) is 4.71. The number of carbonyl (C=O) groups excluding carboxylic acids is 1. The summed E-state index contributed by atoms with van der Waals surface area (Å²) >= 11 is 0. The van der Waals surface area contributed by atoms with Crippen LogP contribution in [0.15, 0.2) is 42.5 Å². The number of likely N-dealkylation sites (tertiary alicyclic amines) is 1. The Morgan fingerprint density at radius 2 is 1.82 bits per heavy atom. The Morgan fingerprint density at radius 3 is 2.61 bits per heavy atom. The van der Waals surface area contributed by atoms with Crippen LogP contribution in [-0.4, -0.2) is 41.6 Å². The van der Waals surface area contributed by atoms with Gasteiger partial charge in [-0.05, 0) is 49.9 Å². The number of anilines is 2. The number of carbonyl (C=O) groups is 1. The summed E-state index contributed by atoms with van der Waals surface area (Å²) in [6, 6.07) is 15.2. The minimum atomic E-state index is 0.131. The van der Waals surface area contributed by atoms with Crippen LogP contribution in [0, 0.1) is 13.8 Å². The Hall–Kier alpha value is -2.95. The van der Waals surface area contributed by atoms with Crippen molar-refractivity contribution in [1.82, 2.24) is 9.88 Å². The first-order chi connectivity index (χ1) is 13.6. The number of aromatic nitrogens is 1. The van der Waals surface area contributed by atoms with Crippen LogP contribution in [0.1, 0.15) is 34.5 Å². The number of nitrogens with zero attached hydrogens (tertiary/aromatic N) is 2. The van der Waals surface area contributed by atoms with Crippen molar-refractivity contribution in [3.63, 3.8) is 0 Å². The summed E-state index contributed by atoms with van der Waals surface area (Å²) in [5.74, 6) is 0.131. The highest BCUT2D eigenvalue weighted by Crippen LogP contribution is 2.35. The number of hydrogen-bond donors (Lipinski definition) is 2. The SMILES string of the molecule is Cc1c(C(=O)N2CCC(N3CNc4ccccc43)CC2)[nH]c2c(C)cccc12. The standard InChI is InChI=1S/C23H26N4O/c1-15-6-5-7-18-16(2)22(25-21(15)18)23(28)26-12-10-17(11-13-26)27-14-24-19-8-3-4-9-20(19)27/h3-9,17,24-25H,10-14H2,1-2H3. The number of aromatic amines is 1. The Morgan fingerprint density at radius 1 is 1.04 bits per heavy atom. The molecule has 0 radical (unpaired) electrons. The van der Waals surface area contributed by atoms with E-state index in [1.165, 1.54) is 16.9 Å². The van der Waals surface area contributed by atoms with Gasteiger partial charge in [-0.25, -0.2) is 0 Å². The first kappa shape index (κ1) is 17.2. The quantitative estimate of drug-likeness (QED) is 0.704. The number of fused-ring (bicyclic) bond motifs is 2. The molecule has 28 heavy (non-hydrogen) atoms. The van der Waals surface area contributed by atoms with Crippen LogP contribution in [0.3, 0.4) is 0 Å². The predicted octanol–water partition coefficient (Wildman–Crippen LogP) is 4.28. The van der Waals surface area contributed by atoms with Crippen molar-refractivity contribution < 1.29 is 4.79 Å². The molecule has 1 saturated heterocycles. The van der Waals surface area contributed by atoms with Gasteiger partial charge in [-0.15, -0.1) is 0 Å². The van der Waals surface area contributed by atoms with Crippen LogP contribution < -0.4 is 10.2 Å². The molecule has 5 nitrogen and oxygen atoms in total. The summed E-state index contributed by atoms with van der Waals surface area (Å²) in [7, 11) is 0. The van der Waals surface area contributed by atoms with Crippen LogP contribution in [-0.2, 0) is 0 Å². The molecular weight excluding hydrogens is 348 g/mol. The number of nitrogens with one attached hydrogen (secondary N) is 2. The van der Waals surface area contributed by atoms with Gasteiger partial charge in [0.25, 0.3) is 5.91 Å². The largest absolute Gasteiger partial charge is 0.366 e. The predicted molar refractivity (Wildman–Crippen MR) is 114 cm³/mol. The van der Waals surface area contributed by atoms with Gasteiger partial charge in [0.15, 0.2) is 0 Å². The molecule has 2 aliphatic heterocycles. The van der Waals surface area contributed by atoms with Crippen molar-refractivity contribution in [3.8, 4) is 0 Å². The van der Waals surface area contributed by atoms with Crippen LogP contribution in [0.5, 0.6) is 0 Å². The van der Waals surface area contributed by atoms with Gasteiger partial charge < -0.3 is 20.1 Å². The number of aryl methyl sites for hydroxylation is 2. The minimum absolute atomic E-state index is 0.131. The van der Waals surface area contributed by atoms with Crippen LogP contribution in [0.2, 0.25) is 0 Å². The van der Waals surface area contributed by atoms with E-state index in [9.17, 15) is 4.79 Å². The van der Waals surface area contributed by atoms with Gasteiger partial charge in [0.05, 0.1) is 18.0 Å². The van der Waals surface area contributed by atoms with Gasteiger partial charge in [0.1, 0.15) is 5.69 Å². The molecule has 1 aromatic heterocycles. The number of piperidine rings is 1. The molecule has 1 fully saturated rings. The maximum absolute atomic E-state index is 13.2. The third kappa shape index (κ3) is 2.65. The summed E-state index contributed by atoms with van der Waals surface area (Å²) in [5.41, 5.74) is 6.57. The molecule has 5 rings (SSSR count). The zero-order valence-corrected chi connectivity index (χ0v) is 16.5. The maximum Gasteiger partial charge on any atom is 0.270 e. The molecule has 0 saturated carbocycles. The van der Waals surface area contributed by atoms with E-state index < -0.39 is 0 Å². The molecule has 3 heterocycles. The third-order valence-electron chi connectivity index (χ3n) is 6.36. The highest BCUT2D eigenvalue weighted by atomic mass is 16.2. The molecule has 1 amide bonds. The van der Waals surface area contributed by atoms with Gasteiger partial charge in [-0.1, -0.05) is 30.3 Å². The lowest BCUT2D eigenvalue weighted by molar-refractivity contribution is 0.0707. The third-order valence-corrected chi connectivity index (χ3v) is 6.36. The molecule has 144 valence electrons. The van der Waals surface area contributed by atoms with E-state index in [1.54, 1.807) is 0 Å². The second kappa shape index (κ2) is 6.59. The van der Waals surface area contributed by atoms with Crippen molar-refractivity contribution in [3.05, 3.63) is 59.3 Å². The van der Waals surface area contributed by atoms with Crippen molar-refractivity contribution in [2.24, 2.45) is 0 Å². The monoisotopic (exact) mass is 374 g/mol. The molecule has 0 aliphatic carbocycles. The number of amides is 1. The van der Waals surface area contributed by atoms with E-state index in [1.807, 2.05) is 11.8 Å². The summed E-state index contributed by atoms with van der Waals surface area (Å²) in [4.78, 5) is 21.1. The number of benzene rings is 2. The van der Waals surface area contributed by atoms with Gasteiger partial charge in [0, 0.05) is 30.0 Å². The van der Waals surface area contributed by atoms with E-state index in [0.717, 1.165) is 54.8 Å². The molecule has 5 heteroatoms. The number of H-pyrrole nitrogens is 1. The molecule has 2 aliphatic rings. The molecule has 2 aromatic carbocycles. The highest BCUT2D eigenvalue weighted by Gasteiger charge is 2.31. The summed E-state index contributed by atoms with van der Waals surface area (Å²) in [6.07, 6.45) is 2.00. The Bertz CT molecular complexity index is 1050. The van der Waals surface area contributed by atoms with E-state index in [2.05, 4.69) is 64.6 Å². The zero-order valence-electron chi connectivity index (χ0n) is 16.5. The van der Waals surface area contributed by atoms with Crippen molar-refractivity contribution in [2.45, 2.75) is 32.7 Å². The number of para-hydroxylation sites is 3. The Labute approximate surface area is 165 Å². The van der Waals surface area contributed by atoms with Crippen molar-refractivity contribution in [1.29, 1.82) is 0 Å². The topological polar surface area (TPSA) is 51.4 Å². The van der Waals surface area contributed by atoms with Crippen LogP contribution >= 0.6 is 0 Å². The number of rotatable bonds is 2. The van der Waals surface area contributed by atoms with Crippen LogP contribution in [0.4, 0.5) is 11.4 Å². The van der Waals surface area contributed by atoms with Gasteiger partial charge in [-0.3, -0.25) is 4.79 Å². The average molecular weight is 374 g/mol. The van der Waals surface area contributed by atoms with E-state index >= 15 is 0 Å². The molecular formula is C23H26N4O. The second-order valence-electron chi connectivity index (χ2n) is 7.97. The smallest absolute Gasteiger partial charge is 0.270 e. The second-order valence-corrected chi connectivity index (χ2v) is 7.97. The lowest BCUT2D eigenvalue weighted by Gasteiger charge is -2.37. The first-order valence-electron chi connectivity index (χ1n) is 10.1. The highest BCUT2D eigenvalue weighted by molar-refractivity contribution is 6.01. The molecule has 0 atom stereocenters. The normalized spacial score (nSPS) is 17.1. The molecule has 0 bridgehead atoms. The van der Waals surface area contributed by atoms with Gasteiger partial charge >= 0.3 is 0 Å². The van der Waals surface area contributed by atoms with Gasteiger partial charge in [0.2, 0.25) is 0 Å². The van der Waals surface area contributed by atoms with Gasteiger partial charge in [-0.2, -0.15) is 0 Å². The minimum Gasteiger partial charge on any atom is -0.366 e.